The highest BCUT2D eigenvalue weighted by atomic mass is 35.5. The van der Waals surface area contributed by atoms with Gasteiger partial charge >= 0.3 is 0 Å². The molecule has 4 aromatic rings. The lowest BCUT2D eigenvalue weighted by atomic mass is 9.95. The van der Waals surface area contributed by atoms with Gasteiger partial charge in [-0.05, 0) is 41.4 Å². The molecule has 1 aromatic carbocycles. The number of nitro benzene ring substituents is 1. The van der Waals surface area contributed by atoms with Gasteiger partial charge in [-0.1, -0.05) is 30.9 Å². The molecule has 34 heavy (non-hydrogen) atoms. The number of furan rings is 1. The summed E-state index contributed by atoms with van der Waals surface area (Å²) in [5.74, 6) is 1.65. The molecule has 1 aliphatic carbocycles. The molecule has 1 fully saturated rings. The molecule has 0 saturated heterocycles. The van der Waals surface area contributed by atoms with E-state index in [1.807, 2.05) is 0 Å². The third-order valence-corrected chi connectivity index (χ3v) is 5.85. The number of anilines is 1. The van der Waals surface area contributed by atoms with Gasteiger partial charge in [-0.25, -0.2) is 9.61 Å². The molecular weight excluding hydrogens is 464 g/mol. The smallest absolute Gasteiger partial charge is 0.270 e. The maximum atomic E-state index is 11.1. The van der Waals surface area contributed by atoms with Crippen LogP contribution in [0.4, 0.5) is 17.3 Å². The highest BCUT2D eigenvalue weighted by Crippen LogP contribution is 2.33. The fourth-order valence-corrected chi connectivity index (χ4v) is 4.04. The molecule has 3 heterocycles. The summed E-state index contributed by atoms with van der Waals surface area (Å²) in [5.41, 5.74) is 0.879. The molecule has 0 radical (unpaired) electrons. The van der Waals surface area contributed by atoms with Crippen LogP contribution in [0.3, 0.4) is 0 Å². The number of rotatable bonds is 7. The molecule has 5 rings (SSSR count). The summed E-state index contributed by atoms with van der Waals surface area (Å²) in [6.07, 6.45) is 5.64. The molecule has 0 amide bonds. The van der Waals surface area contributed by atoms with Gasteiger partial charge in [0.2, 0.25) is 17.1 Å². The first kappa shape index (κ1) is 21.9. The lowest BCUT2D eigenvalue weighted by Gasteiger charge is -2.23. The van der Waals surface area contributed by atoms with Crippen molar-refractivity contribution in [3.63, 3.8) is 0 Å². The summed E-state index contributed by atoms with van der Waals surface area (Å²) in [4.78, 5) is 19.4. The lowest BCUT2D eigenvalue weighted by molar-refractivity contribution is -0.384. The number of benzene rings is 1. The second-order valence-electron chi connectivity index (χ2n) is 7.87. The van der Waals surface area contributed by atoms with Crippen molar-refractivity contribution in [2.45, 2.75) is 44.7 Å². The minimum absolute atomic E-state index is 0.0775. The van der Waals surface area contributed by atoms with Gasteiger partial charge in [-0.3, -0.25) is 10.1 Å². The molecule has 0 bridgehead atoms. The number of fused-ring (bicyclic) bond motifs is 1. The predicted octanol–water partition coefficient (Wildman–Crippen LogP) is 5.86. The maximum absolute atomic E-state index is 11.1. The number of halogens is 1. The molecular formula is C21H19ClN8O4. The van der Waals surface area contributed by atoms with Crippen molar-refractivity contribution in [3.05, 3.63) is 51.2 Å². The van der Waals surface area contributed by atoms with Gasteiger partial charge in [-0.15, -0.1) is 5.11 Å². The number of nitrogens with one attached hydrogen (secondary N) is 1. The molecule has 12 nitrogen and oxygen atoms in total. The third kappa shape index (κ3) is 4.71. The summed E-state index contributed by atoms with van der Waals surface area (Å²) in [7, 11) is 0. The van der Waals surface area contributed by atoms with Gasteiger partial charge < -0.3 is 9.73 Å². The van der Waals surface area contributed by atoms with Crippen molar-refractivity contribution in [2.24, 2.45) is 10.2 Å². The van der Waals surface area contributed by atoms with E-state index < -0.39 is 4.92 Å². The van der Waals surface area contributed by atoms with Crippen molar-refractivity contribution in [1.82, 2.24) is 20.3 Å². The van der Waals surface area contributed by atoms with E-state index in [4.69, 9.17) is 20.6 Å². The Balaban J connectivity index is 1.35. The first-order valence-corrected chi connectivity index (χ1v) is 11.1. The van der Waals surface area contributed by atoms with Crippen LogP contribution in [-0.4, -0.2) is 31.2 Å². The zero-order valence-electron chi connectivity index (χ0n) is 17.8. The average Bonchev–Trinajstić information content (AvgIpc) is 3.49. The normalized spacial score (nSPS) is 14.7. The summed E-state index contributed by atoms with van der Waals surface area (Å²) < 4.78 is 10.5. The molecule has 0 aliphatic heterocycles. The maximum Gasteiger partial charge on any atom is 0.270 e. The zero-order valence-corrected chi connectivity index (χ0v) is 18.6. The van der Waals surface area contributed by atoms with Crippen molar-refractivity contribution < 1.29 is 14.0 Å². The van der Waals surface area contributed by atoms with E-state index in [0.29, 0.717) is 33.6 Å². The SMILES string of the molecule is O=[N+]([O-])c1ccc(Cl)c(-c2ccc(CN=Nc3nc4nonc4nc3NC3CCCCC3)o2)c1. The third-order valence-electron chi connectivity index (χ3n) is 5.52. The van der Waals surface area contributed by atoms with E-state index in [9.17, 15) is 10.1 Å². The molecule has 1 aliphatic rings. The summed E-state index contributed by atoms with van der Waals surface area (Å²) in [6.45, 7) is 0.117. The molecule has 13 heteroatoms. The monoisotopic (exact) mass is 482 g/mol. The van der Waals surface area contributed by atoms with E-state index in [2.05, 4.69) is 35.8 Å². The van der Waals surface area contributed by atoms with Crippen LogP contribution in [0, 0.1) is 10.1 Å². The second kappa shape index (κ2) is 9.51. The fraction of sp³-hybridized carbons (Fsp3) is 0.333. The number of nitro groups is 1. The summed E-state index contributed by atoms with van der Waals surface area (Å²) in [6, 6.07) is 7.84. The Morgan fingerprint density at radius 2 is 1.91 bits per heavy atom. The van der Waals surface area contributed by atoms with Gasteiger partial charge in [0, 0.05) is 23.7 Å². The number of nitrogens with zero attached hydrogens (tertiary/aromatic N) is 7. The summed E-state index contributed by atoms with van der Waals surface area (Å²) >= 11 is 6.20. The van der Waals surface area contributed by atoms with E-state index >= 15 is 0 Å². The van der Waals surface area contributed by atoms with Gasteiger partial charge in [0.1, 0.15) is 18.1 Å². The van der Waals surface area contributed by atoms with Crippen molar-refractivity contribution in [3.8, 4) is 11.3 Å². The average molecular weight is 483 g/mol. The van der Waals surface area contributed by atoms with Crippen molar-refractivity contribution >= 4 is 40.2 Å². The van der Waals surface area contributed by atoms with Gasteiger partial charge in [0.15, 0.2) is 5.82 Å². The van der Waals surface area contributed by atoms with Crippen LogP contribution in [0.1, 0.15) is 37.9 Å². The van der Waals surface area contributed by atoms with Crippen LogP contribution in [0.25, 0.3) is 22.6 Å². The summed E-state index contributed by atoms with van der Waals surface area (Å²) in [5, 5.41) is 30.7. The van der Waals surface area contributed by atoms with Crippen LogP contribution >= 0.6 is 11.6 Å². The Hall–Kier alpha value is -3.93. The van der Waals surface area contributed by atoms with Crippen molar-refractivity contribution in [2.75, 3.05) is 5.32 Å². The number of non-ortho nitro benzene ring substituents is 1. The van der Waals surface area contributed by atoms with Gasteiger partial charge in [-0.2, -0.15) is 10.1 Å². The van der Waals surface area contributed by atoms with Gasteiger partial charge in [0.05, 0.1) is 9.95 Å². The highest BCUT2D eigenvalue weighted by molar-refractivity contribution is 6.33. The Bertz CT molecular complexity index is 1360. The minimum Gasteiger partial charge on any atom is -0.459 e. The number of hydrogen-bond donors (Lipinski definition) is 1. The van der Waals surface area contributed by atoms with Crippen LogP contribution in [-0.2, 0) is 6.54 Å². The van der Waals surface area contributed by atoms with Crippen LogP contribution in [0.5, 0.6) is 0 Å². The Kier molecular flexibility index (Phi) is 6.12. The molecule has 3 aromatic heterocycles. The first-order valence-electron chi connectivity index (χ1n) is 10.7. The van der Waals surface area contributed by atoms with E-state index in [-0.39, 0.29) is 29.7 Å². The van der Waals surface area contributed by atoms with Crippen LogP contribution in [0.15, 0.2) is 49.6 Å². The van der Waals surface area contributed by atoms with Gasteiger partial charge in [0.25, 0.3) is 5.69 Å². The number of azo groups is 1. The molecule has 0 unspecified atom stereocenters. The predicted molar refractivity (Wildman–Crippen MR) is 122 cm³/mol. The largest absolute Gasteiger partial charge is 0.459 e. The van der Waals surface area contributed by atoms with Crippen LogP contribution < -0.4 is 5.32 Å². The molecule has 0 spiro atoms. The molecule has 0 atom stereocenters. The van der Waals surface area contributed by atoms with Crippen molar-refractivity contribution in [1.29, 1.82) is 0 Å². The number of hydrogen-bond acceptors (Lipinski definition) is 11. The highest BCUT2D eigenvalue weighted by Gasteiger charge is 2.19. The Labute approximate surface area is 197 Å². The Morgan fingerprint density at radius 3 is 2.71 bits per heavy atom. The topological polar surface area (TPSA) is 158 Å². The minimum atomic E-state index is -0.487. The molecule has 174 valence electrons. The first-order chi connectivity index (χ1) is 16.6. The quantitative estimate of drug-likeness (QED) is 0.193. The van der Waals surface area contributed by atoms with E-state index in [0.717, 1.165) is 25.7 Å². The van der Waals surface area contributed by atoms with E-state index in [1.54, 1.807) is 12.1 Å². The fourth-order valence-electron chi connectivity index (χ4n) is 3.83. The van der Waals surface area contributed by atoms with Crippen LogP contribution in [0.2, 0.25) is 5.02 Å². The standard InChI is InChI=1S/C21H19ClN8O4/c22-16-8-6-13(30(31)32)10-15(16)17-9-7-14(33-17)11-23-27-19-18(24-12-4-2-1-3-5-12)25-20-21(26-19)29-34-28-20/h6-10,12H,1-5,11H2,(H,24,25,28). The Morgan fingerprint density at radius 1 is 1.12 bits per heavy atom. The number of aromatic nitrogens is 4. The van der Waals surface area contributed by atoms with E-state index in [1.165, 1.54) is 24.6 Å². The lowest BCUT2D eigenvalue weighted by Crippen LogP contribution is -2.23. The molecule has 1 N–H and O–H groups in total. The zero-order chi connectivity index (χ0) is 23.5. The second-order valence-corrected chi connectivity index (χ2v) is 8.28. The molecule has 1 saturated carbocycles.